The second-order valence-corrected chi connectivity index (χ2v) is 4.89. The fraction of sp³-hybridized carbons (Fsp3) is 0.263. The molecule has 0 heterocycles. The summed E-state index contributed by atoms with van der Waals surface area (Å²) in [5.74, 6) is 3.52. The van der Waals surface area contributed by atoms with Gasteiger partial charge in [0.1, 0.15) is 12.4 Å². The normalized spacial score (nSPS) is 10.2. The first-order chi connectivity index (χ1) is 10.8. The van der Waals surface area contributed by atoms with Crippen LogP contribution >= 0.6 is 0 Å². The zero-order valence-corrected chi connectivity index (χ0v) is 12.8. The predicted octanol–water partition coefficient (Wildman–Crippen LogP) is 2.98. The summed E-state index contributed by atoms with van der Waals surface area (Å²) in [4.78, 5) is 0. The van der Waals surface area contributed by atoms with Crippen LogP contribution in [0, 0.1) is 12.3 Å². The molecule has 0 fully saturated rings. The van der Waals surface area contributed by atoms with Crippen LogP contribution in [0.5, 0.6) is 5.75 Å². The van der Waals surface area contributed by atoms with Crippen molar-refractivity contribution in [2.45, 2.75) is 13.1 Å². The van der Waals surface area contributed by atoms with E-state index in [9.17, 15) is 0 Å². The first kappa shape index (κ1) is 16.1. The van der Waals surface area contributed by atoms with Crippen LogP contribution in [-0.2, 0) is 17.8 Å². The number of ether oxygens (including phenoxy) is 2. The third-order valence-corrected chi connectivity index (χ3v) is 3.28. The average molecular weight is 295 g/mol. The van der Waals surface area contributed by atoms with Crippen LogP contribution in [0.4, 0.5) is 0 Å². The Hall–Kier alpha value is -2.28. The lowest BCUT2D eigenvalue weighted by atomic mass is 10.1. The quantitative estimate of drug-likeness (QED) is 0.600. The number of methoxy groups -OCH3 is 1. The van der Waals surface area contributed by atoms with Gasteiger partial charge in [0.15, 0.2) is 0 Å². The van der Waals surface area contributed by atoms with Crippen molar-refractivity contribution in [1.29, 1.82) is 0 Å². The maximum atomic E-state index is 5.72. The van der Waals surface area contributed by atoms with Gasteiger partial charge in [-0.1, -0.05) is 36.3 Å². The Bertz CT molecular complexity index is 614. The first-order valence-corrected chi connectivity index (χ1v) is 7.29. The van der Waals surface area contributed by atoms with Gasteiger partial charge in [0.2, 0.25) is 0 Å². The van der Waals surface area contributed by atoms with E-state index in [2.05, 4.69) is 17.3 Å². The van der Waals surface area contributed by atoms with Crippen molar-refractivity contribution in [2.24, 2.45) is 0 Å². The molecule has 1 N–H and O–H groups in total. The van der Waals surface area contributed by atoms with Gasteiger partial charge in [-0.3, -0.25) is 0 Å². The number of terminal acetylenes is 1. The molecule has 0 spiro atoms. The van der Waals surface area contributed by atoms with E-state index in [1.54, 1.807) is 7.11 Å². The van der Waals surface area contributed by atoms with E-state index in [4.69, 9.17) is 15.9 Å². The molecule has 0 saturated carbocycles. The van der Waals surface area contributed by atoms with E-state index in [1.165, 1.54) is 5.56 Å². The summed E-state index contributed by atoms with van der Waals surface area (Å²) in [5.41, 5.74) is 3.25. The second-order valence-electron chi connectivity index (χ2n) is 4.89. The van der Waals surface area contributed by atoms with Gasteiger partial charge in [0.05, 0.1) is 6.61 Å². The van der Waals surface area contributed by atoms with Crippen molar-refractivity contribution < 1.29 is 9.47 Å². The Morgan fingerprint density at radius 3 is 2.50 bits per heavy atom. The van der Waals surface area contributed by atoms with Gasteiger partial charge < -0.3 is 14.8 Å². The Balaban J connectivity index is 1.86. The number of benzene rings is 2. The third kappa shape index (κ3) is 4.92. The largest absolute Gasteiger partial charge is 0.491 e. The van der Waals surface area contributed by atoms with Crippen LogP contribution in [0.15, 0.2) is 48.5 Å². The van der Waals surface area contributed by atoms with E-state index < -0.39 is 0 Å². The SMILES string of the molecule is C#Cc1ccc(CNCc2ccccc2OCCOC)cc1. The highest BCUT2D eigenvalue weighted by Crippen LogP contribution is 2.17. The molecule has 0 aliphatic heterocycles. The van der Waals surface area contributed by atoms with Gasteiger partial charge in [-0.25, -0.2) is 0 Å². The molecular formula is C19H21NO2. The van der Waals surface area contributed by atoms with Crippen molar-refractivity contribution in [3.05, 3.63) is 65.2 Å². The molecule has 2 aromatic carbocycles. The second kappa shape index (κ2) is 8.89. The summed E-state index contributed by atoms with van der Waals surface area (Å²) in [5, 5.41) is 3.42. The average Bonchev–Trinajstić information content (AvgIpc) is 2.57. The lowest BCUT2D eigenvalue weighted by Crippen LogP contribution is -2.14. The van der Waals surface area contributed by atoms with Gasteiger partial charge in [0, 0.05) is 31.3 Å². The Labute approximate surface area is 132 Å². The summed E-state index contributed by atoms with van der Waals surface area (Å²) in [6, 6.07) is 16.0. The van der Waals surface area contributed by atoms with Crippen LogP contribution < -0.4 is 10.1 Å². The summed E-state index contributed by atoms with van der Waals surface area (Å²) < 4.78 is 10.7. The summed E-state index contributed by atoms with van der Waals surface area (Å²) in [7, 11) is 1.67. The minimum Gasteiger partial charge on any atom is -0.491 e. The summed E-state index contributed by atoms with van der Waals surface area (Å²) >= 11 is 0. The van der Waals surface area contributed by atoms with E-state index in [0.717, 1.165) is 30.0 Å². The van der Waals surface area contributed by atoms with Crippen molar-refractivity contribution in [3.63, 3.8) is 0 Å². The molecule has 0 saturated heterocycles. The molecule has 0 bridgehead atoms. The van der Waals surface area contributed by atoms with E-state index in [1.807, 2.05) is 42.5 Å². The molecule has 0 aliphatic rings. The number of hydrogen-bond donors (Lipinski definition) is 1. The fourth-order valence-electron chi connectivity index (χ4n) is 2.09. The standard InChI is InChI=1S/C19H21NO2/c1-3-16-8-10-17(11-9-16)14-20-15-18-6-4-5-7-19(18)22-13-12-21-2/h1,4-11,20H,12-15H2,2H3. The number of rotatable bonds is 8. The molecule has 0 aliphatic carbocycles. The zero-order chi connectivity index (χ0) is 15.6. The van der Waals surface area contributed by atoms with E-state index in [0.29, 0.717) is 13.2 Å². The Kier molecular flexibility index (Phi) is 6.50. The topological polar surface area (TPSA) is 30.5 Å². The molecule has 0 amide bonds. The molecule has 0 aromatic heterocycles. The van der Waals surface area contributed by atoms with Crippen LogP contribution in [0.1, 0.15) is 16.7 Å². The lowest BCUT2D eigenvalue weighted by molar-refractivity contribution is 0.145. The smallest absolute Gasteiger partial charge is 0.123 e. The Morgan fingerprint density at radius 1 is 1.00 bits per heavy atom. The van der Waals surface area contributed by atoms with Crippen LogP contribution in [0.3, 0.4) is 0 Å². The molecule has 2 rings (SSSR count). The van der Waals surface area contributed by atoms with Crippen LogP contribution in [0.2, 0.25) is 0 Å². The van der Waals surface area contributed by atoms with Crippen molar-refractivity contribution in [2.75, 3.05) is 20.3 Å². The van der Waals surface area contributed by atoms with Crippen LogP contribution in [-0.4, -0.2) is 20.3 Å². The maximum absolute atomic E-state index is 5.72. The monoisotopic (exact) mass is 295 g/mol. The predicted molar refractivity (Wildman–Crippen MR) is 88.7 cm³/mol. The molecule has 2 aromatic rings. The van der Waals surface area contributed by atoms with Crippen molar-refractivity contribution in [1.82, 2.24) is 5.32 Å². The molecule has 22 heavy (non-hydrogen) atoms. The molecule has 0 radical (unpaired) electrons. The van der Waals surface area contributed by atoms with E-state index in [-0.39, 0.29) is 0 Å². The fourth-order valence-corrected chi connectivity index (χ4v) is 2.09. The van der Waals surface area contributed by atoms with Gasteiger partial charge >= 0.3 is 0 Å². The first-order valence-electron chi connectivity index (χ1n) is 7.29. The maximum Gasteiger partial charge on any atom is 0.123 e. The highest BCUT2D eigenvalue weighted by Gasteiger charge is 2.02. The number of para-hydroxylation sites is 1. The molecule has 0 atom stereocenters. The highest BCUT2D eigenvalue weighted by molar-refractivity contribution is 5.35. The third-order valence-electron chi connectivity index (χ3n) is 3.28. The minimum absolute atomic E-state index is 0.557. The molecular weight excluding hydrogens is 274 g/mol. The van der Waals surface area contributed by atoms with Crippen molar-refractivity contribution >= 4 is 0 Å². The number of hydrogen-bond acceptors (Lipinski definition) is 3. The summed E-state index contributed by atoms with van der Waals surface area (Å²) in [6.07, 6.45) is 5.35. The zero-order valence-electron chi connectivity index (χ0n) is 12.8. The highest BCUT2D eigenvalue weighted by atomic mass is 16.5. The van der Waals surface area contributed by atoms with E-state index >= 15 is 0 Å². The van der Waals surface area contributed by atoms with Gasteiger partial charge in [-0.2, -0.15) is 0 Å². The molecule has 114 valence electrons. The number of nitrogens with one attached hydrogen (secondary N) is 1. The molecule has 0 unspecified atom stereocenters. The van der Waals surface area contributed by atoms with Gasteiger partial charge in [-0.15, -0.1) is 6.42 Å². The molecule has 3 heteroatoms. The van der Waals surface area contributed by atoms with Gasteiger partial charge in [-0.05, 0) is 23.8 Å². The van der Waals surface area contributed by atoms with Crippen molar-refractivity contribution in [3.8, 4) is 18.1 Å². The van der Waals surface area contributed by atoms with Gasteiger partial charge in [0.25, 0.3) is 0 Å². The lowest BCUT2D eigenvalue weighted by Gasteiger charge is -2.12. The van der Waals surface area contributed by atoms with Crippen LogP contribution in [0.25, 0.3) is 0 Å². The molecule has 3 nitrogen and oxygen atoms in total. The summed E-state index contributed by atoms with van der Waals surface area (Å²) in [6.45, 7) is 2.68. The Morgan fingerprint density at radius 2 is 1.77 bits per heavy atom. The minimum atomic E-state index is 0.557.